The Hall–Kier alpha value is -1.36. The van der Waals surface area contributed by atoms with Crippen molar-refractivity contribution >= 4 is 5.69 Å². The van der Waals surface area contributed by atoms with Crippen molar-refractivity contribution in [2.24, 2.45) is 0 Å². The van der Waals surface area contributed by atoms with Crippen LogP contribution < -0.4 is 10.5 Å². The Labute approximate surface area is 86.8 Å². The first-order chi connectivity index (χ1) is 7.20. The number of benzene rings is 1. The summed E-state index contributed by atoms with van der Waals surface area (Å²) in [5.41, 5.74) is 6.12. The van der Waals surface area contributed by atoms with E-state index < -0.39 is 13.0 Å². The van der Waals surface area contributed by atoms with Gasteiger partial charge in [0.15, 0.2) is 0 Å². The Morgan fingerprint density at radius 2 is 1.93 bits per heavy atom. The Bertz CT molecular complexity index is 295. The second kappa shape index (κ2) is 6.19. The maximum absolute atomic E-state index is 11.7. The van der Waals surface area contributed by atoms with E-state index in [4.69, 9.17) is 10.5 Å². The van der Waals surface area contributed by atoms with E-state index in [2.05, 4.69) is 4.74 Å². The molecule has 0 aliphatic carbocycles. The first-order valence-electron chi connectivity index (χ1n) is 4.53. The Morgan fingerprint density at radius 3 is 2.60 bits per heavy atom. The van der Waals surface area contributed by atoms with Crippen LogP contribution in [0, 0.1) is 0 Å². The normalized spacial score (nSPS) is 10.6. The summed E-state index contributed by atoms with van der Waals surface area (Å²) >= 11 is 0. The quantitative estimate of drug-likeness (QED) is 0.585. The van der Waals surface area contributed by atoms with Gasteiger partial charge in [0.25, 0.3) is 6.43 Å². The van der Waals surface area contributed by atoms with Gasteiger partial charge in [0.1, 0.15) is 19.0 Å². The van der Waals surface area contributed by atoms with Gasteiger partial charge in [0.05, 0.1) is 12.3 Å². The van der Waals surface area contributed by atoms with Crippen LogP contribution in [0.1, 0.15) is 0 Å². The van der Waals surface area contributed by atoms with E-state index in [-0.39, 0.29) is 13.2 Å². The van der Waals surface area contributed by atoms with Gasteiger partial charge in [-0.2, -0.15) is 0 Å². The summed E-state index contributed by atoms with van der Waals surface area (Å²) in [6.45, 7) is -0.229. The van der Waals surface area contributed by atoms with Crippen LogP contribution in [0.25, 0.3) is 0 Å². The van der Waals surface area contributed by atoms with Crippen LogP contribution in [0.3, 0.4) is 0 Å². The van der Waals surface area contributed by atoms with E-state index >= 15 is 0 Å². The molecule has 15 heavy (non-hydrogen) atoms. The fourth-order valence-electron chi connectivity index (χ4n) is 0.995. The molecule has 0 radical (unpaired) electrons. The molecule has 84 valence electrons. The second-order valence-corrected chi connectivity index (χ2v) is 2.85. The summed E-state index contributed by atoms with van der Waals surface area (Å²) in [4.78, 5) is 0. The number of hydrogen-bond acceptors (Lipinski definition) is 3. The van der Waals surface area contributed by atoms with Crippen molar-refractivity contribution in [2.45, 2.75) is 6.43 Å². The molecule has 0 fully saturated rings. The van der Waals surface area contributed by atoms with Crippen molar-refractivity contribution in [2.75, 3.05) is 25.6 Å². The Balaban J connectivity index is 2.18. The van der Waals surface area contributed by atoms with Crippen LogP contribution >= 0.6 is 0 Å². The molecular weight excluding hydrogens is 204 g/mol. The van der Waals surface area contributed by atoms with Gasteiger partial charge >= 0.3 is 0 Å². The number of alkyl halides is 2. The average molecular weight is 217 g/mol. The molecule has 3 nitrogen and oxygen atoms in total. The molecule has 0 aliphatic heterocycles. The number of nitrogen functional groups attached to an aromatic ring is 1. The number of ether oxygens (including phenoxy) is 2. The molecule has 5 heteroatoms. The molecule has 0 aromatic heterocycles. The highest BCUT2D eigenvalue weighted by Gasteiger charge is 2.02. The minimum Gasteiger partial charge on any atom is -0.489 e. The van der Waals surface area contributed by atoms with E-state index in [9.17, 15) is 8.78 Å². The lowest BCUT2D eigenvalue weighted by Gasteiger charge is -2.08. The first-order valence-corrected chi connectivity index (χ1v) is 4.53. The lowest BCUT2D eigenvalue weighted by Crippen LogP contribution is -2.11. The van der Waals surface area contributed by atoms with E-state index in [1.54, 1.807) is 24.3 Å². The SMILES string of the molecule is Nc1ccccc1OCCOCC(F)F. The summed E-state index contributed by atoms with van der Waals surface area (Å²) in [7, 11) is 0. The third-order valence-corrected chi connectivity index (χ3v) is 1.65. The summed E-state index contributed by atoms with van der Waals surface area (Å²) in [5, 5.41) is 0. The van der Waals surface area contributed by atoms with Crippen LogP contribution in [0.5, 0.6) is 5.75 Å². The summed E-state index contributed by atoms with van der Waals surface area (Å²) in [6.07, 6.45) is -2.44. The average Bonchev–Trinajstić information content (AvgIpc) is 2.20. The largest absolute Gasteiger partial charge is 0.489 e. The van der Waals surface area contributed by atoms with Gasteiger partial charge in [-0.25, -0.2) is 8.78 Å². The van der Waals surface area contributed by atoms with E-state index in [1.807, 2.05) is 0 Å². The van der Waals surface area contributed by atoms with Crippen molar-refractivity contribution in [1.29, 1.82) is 0 Å². The number of hydrogen-bond donors (Lipinski definition) is 1. The monoisotopic (exact) mass is 217 g/mol. The van der Waals surface area contributed by atoms with E-state index in [0.717, 1.165) is 0 Å². The fourth-order valence-corrected chi connectivity index (χ4v) is 0.995. The summed E-state index contributed by atoms with van der Waals surface area (Å²) in [5.74, 6) is 0.540. The van der Waals surface area contributed by atoms with Crippen molar-refractivity contribution in [3.63, 3.8) is 0 Å². The zero-order valence-electron chi connectivity index (χ0n) is 8.16. The first kappa shape index (κ1) is 11.7. The van der Waals surface area contributed by atoms with Crippen molar-refractivity contribution in [3.8, 4) is 5.75 Å². The lowest BCUT2D eigenvalue weighted by molar-refractivity contribution is 0.00770. The topological polar surface area (TPSA) is 44.5 Å². The van der Waals surface area contributed by atoms with Crippen LogP contribution in [0.15, 0.2) is 24.3 Å². The fraction of sp³-hybridized carbons (Fsp3) is 0.400. The molecule has 0 amide bonds. The van der Waals surface area contributed by atoms with Crippen LogP contribution in [-0.2, 0) is 4.74 Å². The van der Waals surface area contributed by atoms with E-state index in [0.29, 0.717) is 11.4 Å². The number of halogens is 2. The zero-order chi connectivity index (χ0) is 11.1. The van der Waals surface area contributed by atoms with Crippen LogP contribution in [0.4, 0.5) is 14.5 Å². The molecule has 2 N–H and O–H groups in total. The molecule has 0 spiro atoms. The minimum atomic E-state index is -2.44. The number of para-hydroxylation sites is 2. The Morgan fingerprint density at radius 1 is 1.20 bits per heavy atom. The predicted molar refractivity (Wildman–Crippen MR) is 53.2 cm³/mol. The standard InChI is InChI=1S/C10H13F2NO2/c11-10(12)7-14-5-6-15-9-4-2-1-3-8(9)13/h1-4,10H,5-7,13H2. The van der Waals surface area contributed by atoms with E-state index in [1.165, 1.54) is 0 Å². The van der Waals surface area contributed by atoms with Crippen LogP contribution in [-0.4, -0.2) is 26.2 Å². The third kappa shape index (κ3) is 4.60. The van der Waals surface area contributed by atoms with Gasteiger partial charge in [0.2, 0.25) is 0 Å². The number of anilines is 1. The third-order valence-electron chi connectivity index (χ3n) is 1.65. The molecule has 1 aromatic carbocycles. The van der Waals surface area contributed by atoms with Gasteiger partial charge in [-0.3, -0.25) is 0 Å². The molecule has 0 aliphatic rings. The van der Waals surface area contributed by atoms with Gasteiger partial charge in [-0.1, -0.05) is 12.1 Å². The zero-order valence-corrected chi connectivity index (χ0v) is 8.16. The summed E-state index contributed by atoms with van der Waals surface area (Å²) in [6, 6.07) is 6.99. The number of nitrogens with two attached hydrogens (primary N) is 1. The molecule has 0 atom stereocenters. The van der Waals surface area contributed by atoms with Crippen molar-refractivity contribution in [3.05, 3.63) is 24.3 Å². The second-order valence-electron chi connectivity index (χ2n) is 2.85. The van der Waals surface area contributed by atoms with Gasteiger partial charge in [0, 0.05) is 0 Å². The van der Waals surface area contributed by atoms with Crippen LogP contribution in [0.2, 0.25) is 0 Å². The van der Waals surface area contributed by atoms with Crippen molar-refractivity contribution in [1.82, 2.24) is 0 Å². The molecule has 0 saturated heterocycles. The smallest absolute Gasteiger partial charge is 0.261 e. The summed E-state index contributed by atoms with van der Waals surface area (Å²) < 4.78 is 33.2. The van der Waals surface area contributed by atoms with Gasteiger partial charge in [-0.05, 0) is 12.1 Å². The number of rotatable bonds is 6. The van der Waals surface area contributed by atoms with Gasteiger partial charge in [-0.15, -0.1) is 0 Å². The highest BCUT2D eigenvalue weighted by atomic mass is 19.3. The highest BCUT2D eigenvalue weighted by molar-refractivity contribution is 5.51. The highest BCUT2D eigenvalue weighted by Crippen LogP contribution is 2.19. The predicted octanol–water partition coefficient (Wildman–Crippen LogP) is 1.93. The molecule has 0 heterocycles. The van der Waals surface area contributed by atoms with Gasteiger partial charge < -0.3 is 15.2 Å². The maximum Gasteiger partial charge on any atom is 0.261 e. The lowest BCUT2D eigenvalue weighted by atomic mass is 10.3. The molecule has 0 unspecified atom stereocenters. The minimum absolute atomic E-state index is 0.124. The Kier molecular flexibility index (Phi) is 4.83. The van der Waals surface area contributed by atoms with Crippen molar-refractivity contribution < 1.29 is 18.3 Å². The molecule has 0 bridgehead atoms. The molecule has 0 saturated carbocycles. The molecular formula is C10H13F2NO2. The molecule has 1 rings (SSSR count). The molecule has 1 aromatic rings. The maximum atomic E-state index is 11.7.